The molecule has 0 atom stereocenters. The van der Waals surface area contributed by atoms with E-state index in [-0.39, 0.29) is 35.6 Å². The highest BCUT2D eigenvalue weighted by Crippen LogP contribution is 2.27. The number of sulfonamides is 1. The summed E-state index contributed by atoms with van der Waals surface area (Å²) in [6.45, 7) is 1.93. The molecule has 156 valence electrons. The Bertz CT molecular complexity index is 1210. The van der Waals surface area contributed by atoms with Gasteiger partial charge in [-0.3, -0.25) is 9.59 Å². The summed E-state index contributed by atoms with van der Waals surface area (Å²) in [6, 6.07) is 13.7. The lowest BCUT2D eigenvalue weighted by atomic mass is 9.97. The average molecular weight is 426 g/mol. The Morgan fingerprint density at radius 1 is 1.07 bits per heavy atom. The van der Waals surface area contributed by atoms with E-state index in [1.54, 1.807) is 12.1 Å². The van der Waals surface area contributed by atoms with E-state index < -0.39 is 10.0 Å². The standard InChI is InChI=1S/C22H23N3O4S/c1-15(26)17-4-2-5-18(14-17)30(28,29)25-12-9-16(10-13-25)22(27)24-21-7-3-6-20-19(21)8-11-23-20/h2-8,11,14,16,23H,9-10,12-13H2,1H3,(H,24,27). The molecule has 4 rings (SSSR count). The van der Waals surface area contributed by atoms with E-state index in [0.29, 0.717) is 18.4 Å². The van der Waals surface area contributed by atoms with Gasteiger partial charge in [0.15, 0.2) is 5.78 Å². The smallest absolute Gasteiger partial charge is 0.243 e. The molecule has 3 aromatic rings. The molecule has 8 heteroatoms. The van der Waals surface area contributed by atoms with E-state index in [2.05, 4.69) is 10.3 Å². The molecular weight excluding hydrogens is 402 g/mol. The largest absolute Gasteiger partial charge is 0.361 e. The Labute approximate surface area is 175 Å². The maximum Gasteiger partial charge on any atom is 0.243 e. The first-order chi connectivity index (χ1) is 14.4. The number of hydrogen-bond acceptors (Lipinski definition) is 4. The fraction of sp³-hybridized carbons (Fsp3) is 0.273. The molecule has 1 saturated heterocycles. The number of carbonyl (C=O) groups is 2. The number of ketones is 1. The fourth-order valence-corrected chi connectivity index (χ4v) is 5.33. The summed E-state index contributed by atoms with van der Waals surface area (Å²) in [5.41, 5.74) is 2.06. The molecule has 0 bridgehead atoms. The van der Waals surface area contributed by atoms with Gasteiger partial charge in [0.2, 0.25) is 15.9 Å². The van der Waals surface area contributed by atoms with Crippen molar-refractivity contribution in [1.29, 1.82) is 0 Å². The first kappa shape index (κ1) is 20.3. The number of nitrogens with zero attached hydrogens (tertiary/aromatic N) is 1. The molecule has 1 amide bonds. The fourth-order valence-electron chi connectivity index (χ4n) is 3.81. The third-order valence-electron chi connectivity index (χ3n) is 5.56. The predicted molar refractivity (Wildman–Crippen MR) is 115 cm³/mol. The number of carbonyl (C=O) groups excluding carboxylic acids is 2. The summed E-state index contributed by atoms with van der Waals surface area (Å²) < 4.78 is 27.3. The number of rotatable bonds is 5. The number of anilines is 1. The van der Waals surface area contributed by atoms with Gasteiger partial charge in [0.05, 0.1) is 10.6 Å². The molecule has 7 nitrogen and oxygen atoms in total. The minimum absolute atomic E-state index is 0.0978. The monoisotopic (exact) mass is 425 g/mol. The van der Waals surface area contributed by atoms with Crippen LogP contribution < -0.4 is 5.32 Å². The Balaban J connectivity index is 1.43. The van der Waals surface area contributed by atoms with Crippen LogP contribution in [0.5, 0.6) is 0 Å². The number of H-pyrrole nitrogens is 1. The van der Waals surface area contributed by atoms with Crippen LogP contribution in [0.4, 0.5) is 5.69 Å². The number of aromatic nitrogens is 1. The molecule has 2 N–H and O–H groups in total. The predicted octanol–water partition coefficient (Wildman–Crippen LogP) is 3.41. The molecule has 1 aliphatic rings. The number of fused-ring (bicyclic) bond motifs is 1. The average Bonchev–Trinajstić information content (AvgIpc) is 3.24. The zero-order chi connectivity index (χ0) is 21.3. The number of amides is 1. The highest BCUT2D eigenvalue weighted by atomic mass is 32.2. The van der Waals surface area contributed by atoms with Crippen LogP contribution in [0.2, 0.25) is 0 Å². The Hall–Kier alpha value is -2.97. The maximum atomic E-state index is 13.0. The molecule has 2 heterocycles. The van der Waals surface area contributed by atoms with Crippen LogP contribution in [0.1, 0.15) is 30.1 Å². The number of hydrogen-bond donors (Lipinski definition) is 2. The van der Waals surface area contributed by atoms with E-state index >= 15 is 0 Å². The van der Waals surface area contributed by atoms with Crippen molar-refractivity contribution in [2.75, 3.05) is 18.4 Å². The molecular formula is C22H23N3O4S. The molecule has 0 aliphatic carbocycles. The van der Waals surface area contributed by atoms with E-state index in [1.807, 2.05) is 30.5 Å². The third-order valence-corrected chi connectivity index (χ3v) is 7.45. The summed E-state index contributed by atoms with van der Waals surface area (Å²) in [6.07, 6.45) is 2.71. The number of piperidine rings is 1. The third kappa shape index (κ3) is 3.88. The van der Waals surface area contributed by atoms with Crippen molar-refractivity contribution in [2.24, 2.45) is 5.92 Å². The van der Waals surface area contributed by atoms with Crippen LogP contribution in [-0.2, 0) is 14.8 Å². The summed E-state index contributed by atoms with van der Waals surface area (Å²) in [4.78, 5) is 27.6. The summed E-state index contributed by atoms with van der Waals surface area (Å²) in [5.74, 6) is -0.534. The summed E-state index contributed by atoms with van der Waals surface area (Å²) in [7, 11) is -3.70. The second kappa shape index (κ2) is 8.04. The van der Waals surface area contributed by atoms with Crippen molar-refractivity contribution in [3.8, 4) is 0 Å². The Kier molecular flexibility index (Phi) is 5.44. The molecule has 0 saturated carbocycles. The molecule has 1 fully saturated rings. The van der Waals surface area contributed by atoms with Crippen LogP contribution in [0.3, 0.4) is 0 Å². The quantitative estimate of drug-likeness (QED) is 0.612. The van der Waals surface area contributed by atoms with Gasteiger partial charge < -0.3 is 10.3 Å². The zero-order valence-corrected chi connectivity index (χ0v) is 17.4. The molecule has 1 aromatic heterocycles. The molecule has 1 aliphatic heterocycles. The van der Waals surface area contributed by atoms with Crippen molar-refractivity contribution in [2.45, 2.75) is 24.7 Å². The minimum Gasteiger partial charge on any atom is -0.361 e. The summed E-state index contributed by atoms with van der Waals surface area (Å²) in [5, 5.41) is 3.92. The molecule has 0 spiro atoms. The van der Waals surface area contributed by atoms with Gasteiger partial charge in [-0.05, 0) is 50.1 Å². The lowest BCUT2D eigenvalue weighted by molar-refractivity contribution is -0.120. The maximum absolute atomic E-state index is 13.0. The Morgan fingerprint density at radius 3 is 2.53 bits per heavy atom. The number of benzene rings is 2. The second-order valence-corrected chi connectivity index (χ2v) is 9.43. The van der Waals surface area contributed by atoms with Gasteiger partial charge in [0.1, 0.15) is 0 Å². The van der Waals surface area contributed by atoms with Gasteiger partial charge in [0, 0.05) is 41.7 Å². The second-order valence-electron chi connectivity index (χ2n) is 7.50. The van der Waals surface area contributed by atoms with E-state index in [4.69, 9.17) is 0 Å². The Morgan fingerprint density at radius 2 is 1.80 bits per heavy atom. The van der Waals surface area contributed by atoms with Crippen LogP contribution in [-0.4, -0.2) is 42.5 Å². The highest BCUT2D eigenvalue weighted by molar-refractivity contribution is 7.89. The number of Topliss-reactive ketones (excluding diaryl/α,β-unsaturated/α-hetero) is 1. The van der Waals surface area contributed by atoms with E-state index in [0.717, 1.165) is 16.6 Å². The van der Waals surface area contributed by atoms with Gasteiger partial charge in [-0.1, -0.05) is 18.2 Å². The summed E-state index contributed by atoms with van der Waals surface area (Å²) >= 11 is 0. The number of aromatic amines is 1. The normalized spacial score (nSPS) is 15.9. The topological polar surface area (TPSA) is 99.3 Å². The van der Waals surface area contributed by atoms with E-state index in [9.17, 15) is 18.0 Å². The van der Waals surface area contributed by atoms with Crippen molar-refractivity contribution >= 4 is 38.3 Å². The van der Waals surface area contributed by atoms with Crippen LogP contribution in [0.15, 0.2) is 59.6 Å². The van der Waals surface area contributed by atoms with Crippen molar-refractivity contribution in [3.05, 3.63) is 60.3 Å². The van der Waals surface area contributed by atoms with Gasteiger partial charge in [-0.25, -0.2) is 8.42 Å². The molecule has 2 aromatic carbocycles. The first-order valence-corrected chi connectivity index (χ1v) is 11.3. The number of nitrogens with one attached hydrogen (secondary N) is 2. The van der Waals surface area contributed by atoms with Crippen LogP contribution in [0.25, 0.3) is 10.9 Å². The van der Waals surface area contributed by atoms with Gasteiger partial charge in [-0.2, -0.15) is 4.31 Å². The van der Waals surface area contributed by atoms with Crippen molar-refractivity contribution in [1.82, 2.24) is 9.29 Å². The van der Waals surface area contributed by atoms with Gasteiger partial charge >= 0.3 is 0 Å². The minimum atomic E-state index is -3.70. The van der Waals surface area contributed by atoms with Crippen LogP contribution >= 0.6 is 0 Å². The van der Waals surface area contributed by atoms with E-state index in [1.165, 1.54) is 23.4 Å². The van der Waals surface area contributed by atoms with Gasteiger partial charge in [-0.15, -0.1) is 0 Å². The molecule has 0 unspecified atom stereocenters. The molecule has 0 radical (unpaired) electrons. The highest BCUT2D eigenvalue weighted by Gasteiger charge is 2.32. The van der Waals surface area contributed by atoms with Crippen molar-refractivity contribution in [3.63, 3.8) is 0 Å². The van der Waals surface area contributed by atoms with Crippen LogP contribution in [0, 0.1) is 5.92 Å². The first-order valence-electron chi connectivity index (χ1n) is 9.84. The SMILES string of the molecule is CC(=O)c1cccc(S(=O)(=O)N2CCC(C(=O)Nc3cccc4[nH]ccc34)CC2)c1. The lowest BCUT2D eigenvalue weighted by Crippen LogP contribution is -2.41. The molecule has 30 heavy (non-hydrogen) atoms. The van der Waals surface area contributed by atoms with Crippen molar-refractivity contribution < 1.29 is 18.0 Å². The lowest BCUT2D eigenvalue weighted by Gasteiger charge is -2.30. The zero-order valence-electron chi connectivity index (χ0n) is 16.6. The van der Waals surface area contributed by atoms with Gasteiger partial charge in [0.25, 0.3) is 0 Å².